The molecule has 3 rings (SSSR count). The van der Waals surface area contributed by atoms with Gasteiger partial charge in [0.1, 0.15) is 6.04 Å². The van der Waals surface area contributed by atoms with Gasteiger partial charge in [-0.3, -0.25) is 4.79 Å². The number of nitrogens with zero attached hydrogens (tertiary/aromatic N) is 4. The molecule has 0 radical (unpaired) electrons. The first kappa shape index (κ1) is 18.0. The molecule has 1 atom stereocenters. The Bertz CT molecular complexity index is 535. The summed E-state index contributed by atoms with van der Waals surface area (Å²) < 4.78 is 33.8. The lowest BCUT2D eigenvalue weighted by Gasteiger charge is -2.40. The number of hydrogen-bond donors (Lipinski definition) is 1. The van der Waals surface area contributed by atoms with Crippen LogP contribution in [0.5, 0.6) is 0 Å². The predicted octanol–water partition coefficient (Wildman–Crippen LogP) is -2.39. The van der Waals surface area contributed by atoms with Gasteiger partial charge in [-0.25, -0.2) is 0 Å². The van der Waals surface area contributed by atoms with E-state index in [1.807, 2.05) is 7.05 Å². The van der Waals surface area contributed by atoms with E-state index in [0.717, 1.165) is 13.1 Å². The van der Waals surface area contributed by atoms with Gasteiger partial charge in [-0.1, -0.05) is 0 Å². The van der Waals surface area contributed by atoms with Crippen LogP contribution in [0.2, 0.25) is 0 Å². The third-order valence-corrected chi connectivity index (χ3v) is 6.92. The summed E-state index contributed by atoms with van der Waals surface area (Å²) in [6.45, 7) is 5.84. The zero-order valence-corrected chi connectivity index (χ0v) is 15.0. The third-order valence-electron chi connectivity index (χ3n) is 4.88. The number of carbonyl (C=O) groups excluding carboxylic acids is 1. The van der Waals surface area contributed by atoms with E-state index in [0.29, 0.717) is 59.0 Å². The molecular formula is C14H27N5O4S. The summed E-state index contributed by atoms with van der Waals surface area (Å²) >= 11 is 0. The molecule has 24 heavy (non-hydrogen) atoms. The van der Waals surface area contributed by atoms with Gasteiger partial charge in [-0.2, -0.15) is 17.0 Å². The molecule has 3 aliphatic heterocycles. The maximum absolute atomic E-state index is 12.7. The quantitative estimate of drug-likeness (QED) is 0.604. The molecular weight excluding hydrogens is 334 g/mol. The van der Waals surface area contributed by atoms with E-state index in [2.05, 4.69) is 10.2 Å². The van der Waals surface area contributed by atoms with Gasteiger partial charge in [-0.05, 0) is 7.05 Å². The molecule has 3 heterocycles. The maximum Gasteiger partial charge on any atom is 0.282 e. The van der Waals surface area contributed by atoms with Crippen LogP contribution in [-0.4, -0.2) is 118 Å². The summed E-state index contributed by atoms with van der Waals surface area (Å²) in [7, 11) is -1.42. The van der Waals surface area contributed by atoms with Crippen LogP contribution >= 0.6 is 0 Å². The normalized spacial score (nSPS) is 28.9. The minimum absolute atomic E-state index is 0.00588. The minimum Gasteiger partial charge on any atom is -0.378 e. The van der Waals surface area contributed by atoms with Gasteiger partial charge < -0.3 is 19.9 Å². The van der Waals surface area contributed by atoms with Crippen LogP contribution in [0.15, 0.2) is 0 Å². The molecule has 3 aliphatic rings. The van der Waals surface area contributed by atoms with Crippen molar-refractivity contribution < 1.29 is 17.9 Å². The zero-order chi connectivity index (χ0) is 17.2. The maximum atomic E-state index is 12.7. The molecule has 3 saturated heterocycles. The number of piperazine rings is 2. The molecule has 0 spiro atoms. The van der Waals surface area contributed by atoms with Crippen LogP contribution in [0.25, 0.3) is 0 Å². The van der Waals surface area contributed by atoms with Crippen molar-refractivity contribution in [1.29, 1.82) is 0 Å². The first-order valence-corrected chi connectivity index (χ1v) is 9.92. The third kappa shape index (κ3) is 3.89. The van der Waals surface area contributed by atoms with Crippen LogP contribution in [0, 0.1) is 0 Å². The lowest BCUT2D eigenvalue weighted by molar-refractivity contribution is -0.137. The Morgan fingerprint density at radius 3 is 2.12 bits per heavy atom. The van der Waals surface area contributed by atoms with E-state index in [9.17, 15) is 13.2 Å². The number of nitrogens with one attached hydrogen (secondary N) is 1. The molecule has 0 saturated carbocycles. The number of rotatable bonds is 3. The summed E-state index contributed by atoms with van der Waals surface area (Å²) in [5.74, 6) is 0.00588. The predicted molar refractivity (Wildman–Crippen MR) is 88.8 cm³/mol. The molecule has 0 aliphatic carbocycles. The molecule has 1 unspecified atom stereocenters. The second-order valence-electron chi connectivity index (χ2n) is 6.52. The largest absolute Gasteiger partial charge is 0.378 e. The Labute approximate surface area is 143 Å². The van der Waals surface area contributed by atoms with E-state index in [-0.39, 0.29) is 11.9 Å². The lowest BCUT2D eigenvalue weighted by Crippen LogP contribution is -2.60. The van der Waals surface area contributed by atoms with E-state index in [4.69, 9.17) is 4.74 Å². The summed E-state index contributed by atoms with van der Waals surface area (Å²) in [6.07, 6.45) is 0. The van der Waals surface area contributed by atoms with E-state index in [1.165, 1.54) is 4.31 Å². The van der Waals surface area contributed by atoms with Gasteiger partial charge in [0.2, 0.25) is 5.91 Å². The van der Waals surface area contributed by atoms with Gasteiger partial charge in [0.25, 0.3) is 10.2 Å². The van der Waals surface area contributed by atoms with Crippen LogP contribution in [-0.2, 0) is 19.7 Å². The highest BCUT2D eigenvalue weighted by atomic mass is 32.2. The van der Waals surface area contributed by atoms with Crippen LogP contribution in [0.4, 0.5) is 0 Å². The molecule has 0 aromatic rings. The van der Waals surface area contributed by atoms with Crippen molar-refractivity contribution in [1.82, 2.24) is 23.7 Å². The van der Waals surface area contributed by atoms with Gasteiger partial charge in [0, 0.05) is 58.9 Å². The van der Waals surface area contributed by atoms with Crippen molar-refractivity contribution in [2.24, 2.45) is 0 Å². The van der Waals surface area contributed by atoms with E-state index in [1.54, 1.807) is 9.21 Å². The van der Waals surface area contributed by atoms with Gasteiger partial charge in [-0.15, -0.1) is 0 Å². The highest BCUT2D eigenvalue weighted by molar-refractivity contribution is 7.86. The Morgan fingerprint density at radius 2 is 1.58 bits per heavy atom. The first-order valence-electron chi connectivity index (χ1n) is 8.52. The van der Waals surface area contributed by atoms with Crippen molar-refractivity contribution in [2.45, 2.75) is 6.04 Å². The number of ether oxygens (including phenoxy) is 1. The average Bonchev–Trinajstić information content (AvgIpc) is 2.62. The standard InChI is InChI=1S/C14H27N5O4S/c1-16-3-7-18(8-4-16)24(21,22)19-9-5-17(6-10-19)14(20)13-12-23-11-2-15-13/h13,15H,2-12H2,1H3. The van der Waals surface area contributed by atoms with Crippen molar-refractivity contribution in [3.05, 3.63) is 0 Å². The van der Waals surface area contributed by atoms with Crippen molar-refractivity contribution >= 4 is 16.1 Å². The Balaban J connectivity index is 1.53. The molecule has 0 bridgehead atoms. The number of amides is 1. The molecule has 138 valence electrons. The Hall–Kier alpha value is -0.780. The molecule has 3 fully saturated rings. The SMILES string of the molecule is CN1CCN(S(=O)(=O)N2CCN(C(=O)C3COCCN3)CC2)CC1. The number of likely N-dealkylation sites (N-methyl/N-ethyl adjacent to an activating group) is 1. The van der Waals surface area contributed by atoms with Crippen LogP contribution < -0.4 is 5.32 Å². The lowest BCUT2D eigenvalue weighted by atomic mass is 10.2. The van der Waals surface area contributed by atoms with Crippen LogP contribution in [0.3, 0.4) is 0 Å². The minimum atomic E-state index is -3.42. The smallest absolute Gasteiger partial charge is 0.282 e. The van der Waals surface area contributed by atoms with E-state index < -0.39 is 10.2 Å². The zero-order valence-electron chi connectivity index (χ0n) is 14.2. The fourth-order valence-corrected chi connectivity index (χ4v) is 4.84. The molecule has 0 aromatic heterocycles. The van der Waals surface area contributed by atoms with Gasteiger partial charge in [0.15, 0.2) is 0 Å². The fraction of sp³-hybridized carbons (Fsp3) is 0.929. The van der Waals surface area contributed by atoms with Gasteiger partial charge >= 0.3 is 0 Å². The number of carbonyl (C=O) groups is 1. The monoisotopic (exact) mass is 361 g/mol. The summed E-state index contributed by atoms with van der Waals surface area (Å²) in [5, 5.41) is 3.15. The van der Waals surface area contributed by atoms with Crippen molar-refractivity contribution in [3.8, 4) is 0 Å². The molecule has 1 amide bonds. The van der Waals surface area contributed by atoms with E-state index >= 15 is 0 Å². The summed E-state index contributed by atoms with van der Waals surface area (Å²) in [5.41, 5.74) is 0. The van der Waals surface area contributed by atoms with Crippen molar-refractivity contribution in [3.63, 3.8) is 0 Å². The highest BCUT2D eigenvalue weighted by Gasteiger charge is 2.36. The van der Waals surface area contributed by atoms with Crippen molar-refractivity contribution in [2.75, 3.05) is 79.2 Å². The second-order valence-corrected chi connectivity index (χ2v) is 8.44. The Kier molecular flexibility index (Phi) is 5.73. The first-order chi connectivity index (χ1) is 11.5. The topological polar surface area (TPSA) is 85.4 Å². The van der Waals surface area contributed by atoms with Crippen LogP contribution in [0.1, 0.15) is 0 Å². The highest BCUT2D eigenvalue weighted by Crippen LogP contribution is 2.15. The van der Waals surface area contributed by atoms with Gasteiger partial charge in [0.05, 0.1) is 13.2 Å². The Morgan fingerprint density at radius 1 is 1.00 bits per heavy atom. The number of morpholine rings is 1. The number of hydrogen-bond acceptors (Lipinski definition) is 6. The molecule has 0 aromatic carbocycles. The summed E-state index contributed by atoms with van der Waals surface area (Å²) in [6, 6.07) is -0.306. The molecule has 10 heteroatoms. The fourth-order valence-electron chi connectivity index (χ4n) is 3.27. The average molecular weight is 361 g/mol. The molecule has 1 N–H and O–H groups in total. The molecule has 9 nitrogen and oxygen atoms in total. The second kappa shape index (κ2) is 7.63. The summed E-state index contributed by atoms with van der Waals surface area (Å²) in [4.78, 5) is 16.3.